The second-order valence-corrected chi connectivity index (χ2v) is 6.45. The van der Waals surface area contributed by atoms with Gasteiger partial charge in [-0.3, -0.25) is 4.99 Å². The van der Waals surface area contributed by atoms with Crippen molar-refractivity contribution in [3.63, 3.8) is 0 Å². The van der Waals surface area contributed by atoms with Crippen molar-refractivity contribution in [1.82, 2.24) is 10.6 Å². The van der Waals surface area contributed by atoms with Crippen LogP contribution in [0.3, 0.4) is 0 Å². The van der Waals surface area contributed by atoms with Gasteiger partial charge in [0.1, 0.15) is 0 Å². The van der Waals surface area contributed by atoms with Gasteiger partial charge in [0.25, 0.3) is 0 Å². The molecule has 0 aromatic heterocycles. The molecule has 0 amide bonds. The van der Waals surface area contributed by atoms with Gasteiger partial charge < -0.3 is 10.6 Å². The Kier molecular flexibility index (Phi) is 8.83. The summed E-state index contributed by atoms with van der Waals surface area (Å²) in [7, 11) is -1.97. The lowest BCUT2D eigenvalue weighted by molar-refractivity contribution is 0.597. The summed E-state index contributed by atoms with van der Waals surface area (Å²) in [4.78, 5) is 4.21. The van der Waals surface area contributed by atoms with Crippen molar-refractivity contribution in [1.29, 1.82) is 0 Å². The SMILES string of the molecule is CN=C(NCc1cccc(S(N)(=O)=O)c1)NCC(C)C.I. The highest BCUT2D eigenvalue weighted by molar-refractivity contribution is 14.0. The highest BCUT2D eigenvalue weighted by atomic mass is 127. The molecule has 6 nitrogen and oxygen atoms in total. The first-order valence-corrected chi connectivity index (χ1v) is 7.94. The lowest BCUT2D eigenvalue weighted by atomic mass is 10.2. The summed E-state index contributed by atoms with van der Waals surface area (Å²) in [5.41, 5.74) is 0.823. The van der Waals surface area contributed by atoms with Gasteiger partial charge in [0.05, 0.1) is 4.90 Å². The normalized spacial score (nSPS) is 12.0. The van der Waals surface area contributed by atoms with Crippen LogP contribution in [0.1, 0.15) is 19.4 Å². The maximum atomic E-state index is 11.3. The van der Waals surface area contributed by atoms with E-state index in [1.165, 1.54) is 6.07 Å². The molecular formula is C13H23IN4O2S. The molecule has 0 saturated carbocycles. The van der Waals surface area contributed by atoms with Crippen molar-refractivity contribution in [3.05, 3.63) is 29.8 Å². The molecule has 1 aromatic carbocycles. The van der Waals surface area contributed by atoms with Crippen LogP contribution in [0.2, 0.25) is 0 Å². The number of halogens is 1. The van der Waals surface area contributed by atoms with Gasteiger partial charge in [-0.2, -0.15) is 0 Å². The van der Waals surface area contributed by atoms with E-state index in [9.17, 15) is 8.42 Å². The number of guanidine groups is 1. The van der Waals surface area contributed by atoms with Crippen LogP contribution in [0.5, 0.6) is 0 Å². The lowest BCUT2D eigenvalue weighted by Crippen LogP contribution is -2.38. The maximum Gasteiger partial charge on any atom is 0.238 e. The average molecular weight is 426 g/mol. The maximum absolute atomic E-state index is 11.3. The Morgan fingerprint density at radius 3 is 2.52 bits per heavy atom. The number of sulfonamides is 1. The van der Waals surface area contributed by atoms with Crippen molar-refractivity contribution < 1.29 is 8.42 Å². The fraction of sp³-hybridized carbons (Fsp3) is 0.462. The highest BCUT2D eigenvalue weighted by Crippen LogP contribution is 2.09. The fourth-order valence-electron chi connectivity index (χ4n) is 1.54. The van der Waals surface area contributed by atoms with Crippen molar-refractivity contribution in [2.75, 3.05) is 13.6 Å². The summed E-state index contributed by atoms with van der Waals surface area (Å²) in [6, 6.07) is 6.53. The summed E-state index contributed by atoms with van der Waals surface area (Å²) < 4.78 is 22.6. The van der Waals surface area contributed by atoms with Crippen molar-refractivity contribution in [3.8, 4) is 0 Å². The van der Waals surface area contributed by atoms with Crippen LogP contribution in [-0.4, -0.2) is 28.0 Å². The third kappa shape index (κ3) is 7.63. The third-order valence-corrected chi connectivity index (χ3v) is 3.50. The Balaban J connectivity index is 0.00000400. The smallest absolute Gasteiger partial charge is 0.238 e. The minimum atomic E-state index is -3.66. The second-order valence-electron chi connectivity index (χ2n) is 4.89. The molecule has 21 heavy (non-hydrogen) atoms. The van der Waals surface area contributed by atoms with Crippen LogP contribution >= 0.6 is 24.0 Å². The molecule has 0 bridgehead atoms. The molecule has 4 N–H and O–H groups in total. The van der Waals surface area contributed by atoms with Crippen LogP contribution in [0, 0.1) is 5.92 Å². The molecule has 8 heteroatoms. The predicted molar refractivity (Wildman–Crippen MR) is 96.3 cm³/mol. The van der Waals surface area contributed by atoms with Gasteiger partial charge in [-0.15, -0.1) is 24.0 Å². The van der Waals surface area contributed by atoms with Gasteiger partial charge >= 0.3 is 0 Å². The van der Waals surface area contributed by atoms with Gasteiger partial charge in [-0.05, 0) is 23.6 Å². The third-order valence-electron chi connectivity index (χ3n) is 2.59. The number of primary sulfonamides is 1. The Bertz CT molecular complexity index is 573. The van der Waals surface area contributed by atoms with Crippen LogP contribution in [0.15, 0.2) is 34.2 Å². The van der Waals surface area contributed by atoms with Gasteiger partial charge in [-0.1, -0.05) is 26.0 Å². The van der Waals surface area contributed by atoms with E-state index in [0.717, 1.165) is 12.1 Å². The first-order valence-electron chi connectivity index (χ1n) is 6.39. The minimum absolute atomic E-state index is 0. The van der Waals surface area contributed by atoms with E-state index < -0.39 is 10.0 Å². The average Bonchev–Trinajstić information content (AvgIpc) is 2.38. The highest BCUT2D eigenvalue weighted by Gasteiger charge is 2.08. The quantitative estimate of drug-likeness (QED) is 0.376. The second kappa shape index (κ2) is 9.21. The summed E-state index contributed by atoms with van der Waals surface area (Å²) in [6.45, 7) is 5.50. The van der Waals surface area contributed by atoms with Crippen LogP contribution in [0.25, 0.3) is 0 Å². The summed E-state index contributed by atoms with van der Waals surface area (Å²) in [6.07, 6.45) is 0. The standard InChI is InChI=1S/C13H22N4O2S.HI/c1-10(2)8-16-13(15-3)17-9-11-5-4-6-12(7-11)20(14,18)19;/h4-7,10H,8-9H2,1-3H3,(H2,14,18,19)(H2,15,16,17);1H. The lowest BCUT2D eigenvalue weighted by Gasteiger charge is -2.13. The molecule has 120 valence electrons. The van der Waals surface area contributed by atoms with Crippen molar-refractivity contribution in [2.24, 2.45) is 16.0 Å². The van der Waals surface area contributed by atoms with E-state index in [0.29, 0.717) is 18.4 Å². The molecule has 1 rings (SSSR count). The van der Waals surface area contributed by atoms with Crippen LogP contribution in [-0.2, 0) is 16.6 Å². The Hall–Kier alpha value is -0.870. The minimum Gasteiger partial charge on any atom is -0.356 e. The number of aliphatic imine (C=N–C) groups is 1. The zero-order chi connectivity index (χ0) is 15.2. The molecule has 0 aliphatic carbocycles. The first-order chi connectivity index (χ1) is 9.32. The topological polar surface area (TPSA) is 96.6 Å². The Morgan fingerprint density at radius 1 is 1.33 bits per heavy atom. The molecule has 0 heterocycles. The summed E-state index contributed by atoms with van der Waals surface area (Å²) in [5.74, 6) is 1.19. The summed E-state index contributed by atoms with van der Waals surface area (Å²) in [5, 5.41) is 11.4. The summed E-state index contributed by atoms with van der Waals surface area (Å²) >= 11 is 0. The fourth-order valence-corrected chi connectivity index (χ4v) is 2.12. The molecule has 0 fully saturated rings. The number of hydrogen-bond acceptors (Lipinski definition) is 3. The van der Waals surface area contributed by atoms with Crippen LogP contribution < -0.4 is 15.8 Å². The van der Waals surface area contributed by atoms with Gasteiger partial charge in [0.2, 0.25) is 10.0 Å². The van der Waals surface area contributed by atoms with E-state index in [1.807, 2.05) is 6.07 Å². The van der Waals surface area contributed by atoms with E-state index in [1.54, 1.807) is 19.2 Å². The number of nitrogens with two attached hydrogens (primary N) is 1. The number of rotatable bonds is 5. The molecule has 0 unspecified atom stereocenters. The first kappa shape index (κ1) is 20.1. The molecule has 0 aliphatic rings. The van der Waals surface area contributed by atoms with Crippen molar-refractivity contribution >= 4 is 40.0 Å². The molecular weight excluding hydrogens is 403 g/mol. The van der Waals surface area contributed by atoms with E-state index in [4.69, 9.17) is 5.14 Å². The van der Waals surface area contributed by atoms with E-state index >= 15 is 0 Å². The molecule has 0 aliphatic heterocycles. The predicted octanol–water partition coefficient (Wildman–Crippen LogP) is 1.27. The largest absolute Gasteiger partial charge is 0.356 e. The molecule has 0 saturated heterocycles. The molecule has 0 radical (unpaired) electrons. The molecule has 1 aromatic rings. The van der Waals surface area contributed by atoms with Crippen LogP contribution in [0.4, 0.5) is 0 Å². The number of nitrogens with zero attached hydrogens (tertiary/aromatic N) is 1. The number of nitrogens with one attached hydrogen (secondary N) is 2. The zero-order valence-electron chi connectivity index (χ0n) is 12.5. The molecule has 0 atom stereocenters. The Morgan fingerprint density at radius 2 is 2.00 bits per heavy atom. The van der Waals surface area contributed by atoms with Gasteiger partial charge in [-0.25, -0.2) is 13.6 Å². The molecule has 0 spiro atoms. The van der Waals surface area contributed by atoms with E-state index in [-0.39, 0.29) is 28.9 Å². The number of hydrogen-bond donors (Lipinski definition) is 3. The number of benzene rings is 1. The van der Waals surface area contributed by atoms with Crippen molar-refractivity contribution in [2.45, 2.75) is 25.3 Å². The monoisotopic (exact) mass is 426 g/mol. The Labute approximate surface area is 143 Å². The van der Waals surface area contributed by atoms with Gasteiger partial charge in [0.15, 0.2) is 5.96 Å². The van der Waals surface area contributed by atoms with E-state index in [2.05, 4.69) is 29.5 Å². The van der Waals surface area contributed by atoms with Gasteiger partial charge in [0, 0.05) is 20.1 Å². The zero-order valence-corrected chi connectivity index (χ0v) is 15.6.